The van der Waals surface area contributed by atoms with Gasteiger partial charge < -0.3 is 10.2 Å². The van der Waals surface area contributed by atoms with Crippen molar-refractivity contribution in [3.8, 4) is 0 Å². The number of thiocarbonyl (C=S) groups is 1. The van der Waals surface area contributed by atoms with Crippen molar-refractivity contribution in [1.82, 2.24) is 10.2 Å². The van der Waals surface area contributed by atoms with Crippen molar-refractivity contribution in [3.05, 3.63) is 0 Å². The van der Waals surface area contributed by atoms with Crippen molar-refractivity contribution in [3.63, 3.8) is 0 Å². The van der Waals surface area contributed by atoms with Gasteiger partial charge in [0.2, 0.25) is 0 Å². The molecule has 0 spiro atoms. The second kappa shape index (κ2) is 8.29. The van der Waals surface area contributed by atoms with Crippen molar-refractivity contribution in [2.75, 3.05) is 7.05 Å². The summed E-state index contributed by atoms with van der Waals surface area (Å²) in [6.07, 6.45) is 9.57. The second-order valence-corrected chi connectivity index (χ2v) is 10.3. The molecule has 2 radical (unpaired) electrons. The maximum absolute atomic E-state index is 6.95. The number of likely N-dealkylation sites (tertiary alicyclic amines) is 1. The highest BCUT2D eigenvalue weighted by atomic mass is 32.1. The summed E-state index contributed by atoms with van der Waals surface area (Å²) in [7, 11) is 9.00. The first-order chi connectivity index (χ1) is 11.6. The number of hydrogen-bond acceptors (Lipinski definition) is 2. The lowest BCUT2D eigenvalue weighted by molar-refractivity contribution is 0.0904. The zero-order valence-corrected chi connectivity index (χ0v) is 18.2. The molecule has 1 N–H and O–H groups in total. The summed E-state index contributed by atoms with van der Waals surface area (Å²) in [4.78, 5) is 3.77. The predicted molar refractivity (Wildman–Crippen MR) is 115 cm³/mol. The molecule has 25 heavy (non-hydrogen) atoms. The number of rotatable bonds is 3. The average molecular weight is 362 g/mol. The minimum absolute atomic E-state index is 0.104. The lowest BCUT2D eigenvalue weighted by atomic mass is 9.53. The molecular formula is C21H39BN2S. The lowest BCUT2D eigenvalue weighted by Crippen LogP contribution is -2.52. The van der Waals surface area contributed by atoms with Crippen molar-refractivity contribution >= 4 is 25.1 Å². The molecule has 0 bridgehead atoms. The number of hydrogen-bond donors (Lipinski definition) is 1. The molecule has 1 aliphatic carbocycles. The summed E-state index contributed by atoms with van der Waals surface area (Å²) in [5.41, 5.74) is 0.266. The molecule has 1 saturated heterocycles. The van der Waals surface area contributed by atoms with Crippen LogP contribution < -0.4 is 5.32 Å². The highest BCUT2D eigenvalue weighted by Gasteiger charge is 2.42. The van der Waals surface area contributed by atoms with Crippen LogP contribution in [0.1, 0.15) is 86.0 Å². The molecule has 2 fully saturated rings. The van der Waals surface area contributed by atoms with Gasteiger partial charge in [-0.15, -0.1) is 0 Å². The third-order valence-corrected chi connectivity index (χ3v) is 7.20. The molecule has 4 unspecified atom stereocenters. The zero-order chi connectivity index (χ0) is 18.8. The Hall–Kier alpha value is -0.0851. The Morgan fingerprint density at radius 1 is 1.20 bits per heavy atom. The van der Waals surface area contributed by atoms with Gasteiger partial charge in [-0.05, 0) is 71.3 Å². The van der Waals surface area contributed by atoms with Gasteiger partial charge in [0.15, 0.2) is 0 Å². The summed E-state index contributed by atoms with van der Waals surface area (Å²) in [6.45, 7) is 11.7. The first kappa shape index (κ1) is 21.2. The van der Waals surface area contributed by atoms with E-state index >= 15 is 0 Å². The quantitative estimate of drug-likeness (QED) is 0.554. The van der Waals surface area contributed by atoms with E-state index < -0.39 is 0 Å². The first-order valence-corrected chi connectivity index (χ1v) is 10.8. The van der Waals surface area contributed by atoms with Gasteiger partial charge in [-0.3, -0.25) is 0 Å². The summed E-state index contributed by atoms with van der Waals surface area (Å²) in [5, 5.41) is 3.33. The van der Waals surface area contributed by atoms with Crippen LogP contribution in [0.2, 0.25) is 5.31 Å². The maximum atomic E-state index is 6.95. The van der Waals surface area contributed by atoms with E-state index in [4.69, 9.17) is 20.1 Å². The third kappa shape index (κ3) is 5.00. The van der Waals surface area contributed by atoms with E-state index in [0.29, 0.717) is 18.1 Å². The van der Waals surface area contributed by atoms with Gasteiger partial charge in [0.25, 0.3) is 0 Å². The van der Waals surface area contributed by atoms with Crippen LogP contribution in [0, 0.1) is 11.3 Å². The topological polar surface area (TPSA) is 15.3 Å². The van der Waals surface area contributed by atoms with E-state index in [1.165, 1.54) is 37.1 Å². The van der Waals surface area contributed by atoms with Crippen molar-refractivity contribution < 1.29 is 0 Å². The molecule has 2 aliphatic rings. The van der Waals surface area contributed by atoms with Crippen LogP contribution in [0.4, 0.5) is 0 Å². The van der Waals surface area contributed by atoms with Crippen LogP contribution >= 0.6 is 12.2 Å². The predicted octanol–water partition coefficient (Wildman–Crippen LogP) is 5.12. The normalized spacial score (nSPS) is 35.3. The summed E-state index contributed by atoms with van der Waals surface area (Å²) in [5.74, 6) is 0.747. The van der Waals surface area contributed by atoms with Crippen LogP contribution in [0.25, 0.3) is 0 Å². The van der Waals surface area contributed by atoms with E-state index in [0.717, 1.165) is 25.2 Å². The Morgan fingerprint density at radius 2 is 1.88 bits per heavy atom. The highest BCUT2D eigenvalue weighted by molar-refractivity contribution is 7.80. The monoisotopic (exact) mass is 362 g/mol. The van der Waals surface area contributed by atoms with Crippen LogP contribution in [0.3, 0.4) is 0 Å². The fraction of sp³-hybridized carbons (Fsp3) is 0.952. The van der Waals surface area contributed by atoms with Crippen LogP contribution in [-0.4, -0.2) is 42.9 Å². The largest absolute Gasteiger partial charge is 0.360 e. The van der Waals surface area contributed by atoms with Crippen molar-refractivity contribution in [2.24, 2.45) is 11.3 Å². The zero-order valence-electron chi connectivity index (χ0n) is 17.4. The van der Waals surface area contributed by atoms with Gasteiger partial charge in [0.05, 0.1) is 12.8 Å². The first-order valence-electron chi connectivity index (χ1n) is 10.4. The molecular weight excluding hydrogens is 323 g/mol. The van der Waals surface area contributed by atoms with Gasteiger partial charge >= 0.3 is 0 Å². The van der Waals surface area contributed by atoms with E-state index in [1.54, 1.807) is 0 Å². The summed E-state index contributed by atoms with van der Waals surface area (Å²) >= 11 is 5.75. The van der Waals surface area contributed by atoms with Gasteiger partial charge in [-0.2, -0.15) is 0 Å². The Bertz CT molecular complexity index is 465. The lowest BCUT2D eigenvalue weighted by Gasteiger charge is -2.50. The average Bonchev–Trinajstić information content (AvgIpc) is 2.51. The number of piperidine rings is 1. The van der Waals surface area contributed by atoms with Crippen molar-refractivity contribution in [1.29, 1.82) is 0 Å². The fourth-order valence-electron chi connectivity index (χ4n) is 5.55. The molecule has 0 aromatic heterocycles. The number of nitrogens with one attached hydrogen (secondary N) is 1. The molecule has 2 rings (SSSR count). The summed E-state index contributed by atoms with van der Waals surface area (Å²) in [6, 6.07) is 1.50. The van der Waals surface area contributed by atoms with Gasteiger partial charge in [0, 0.05) is 18.1 Å². The second-order valence-electron chi connectivity index (χ2n) is 9.80. The van der Waals surface area contributed by atoms with Gasteiger partial charge in [0.1, 0.15) is 0 Å². The molecule has 0 aromatic carbocycles. The molecule has 142 valence electrons. The van der Waals surface area contributed by atoms with Crippen LogP contribution in [-0.2, 0) is 0 Å². The standard InChI is InChI=1S/C21H39BN2S/c1-15(2)24-18-9-7-8-12-21(22,16(3)23-6)14-20(4,5)13-17(18)10-11-19(24)25/h15-18,23H,7-14H2,1-6H3. The van der Waals surface area contributed by atoms with Crippen LogP contribution in [0.5, 0.6) is 0 Å². The Kier molecular flexibility index (Phi) is 7.04. The SMILES string of the molecule is [B]C1(C(C)NC)CCCCC2C(CCC(=S)N2C(C)C)CC(C)(C)C1. The molecule has 0 amide bonds. The molecule has 1 heterocycles. The summed E-state index contributed by atoms with van der Waals surface area (Å²) < 4.78 is 0. The fourth-order valence-corrected chi connectivity index (χ4v) is 6.02. The van der Waals surface area contributed by atoms with E-state index in [9.17, 15) is 0 Å². The minimum Gasteiger partial charge on any atom is -0.360 e. The molecule has 2 nitrogen and oxygen atoms in total. The third-order valence-electron chi connectivity index (χ3n) is 6.78. The van der Waals surface area contributed by atoms with Gasteiger partial charge in [-0.1, -0.05) is 50.6 Å². The Morgan fingerprint density at radius 3 is 2.48 bits per heavy atom. The Labute approximate surface area is 163 Å². The molecule has 0 aromatic rings. The number of fused-ring (bicyclic) bond motifs is 1. The minimum atomic E-state index is -0.104. The van der Waals surface area contributed by atoms with E-state index in [1.807, 2.05) is 7.05 Å². The molecule has 4 heteroatoms. The van der Waals surface area contributed by atoms with Crippen LogP contribution in [0.15, 0.2) is 0 Å². The molecule has 4 atom stereocenters. The van der Waals surface area contributed by atoms with E-state index in [-0.39, 0.29) is 10.7 Å². The molecule has 1 aliphatic heterocycles. The van der Waals surface area contributed by atoms with Crippen molar-refractivity contribution in [2.45, 2.75) is 109 Å². The van der Waals surface area contributed by atoms with Gasteiger partial charge in [-0.25, -0.2) is 0 Å². The van der Waals surface area contributed by atoms with E-state index in [2.05, 4.69) is 44.8 Å². The molecule has 1 saturated carbocycles. The smallest absolute Gasteiger partial charge is 0.0784 e. The Balaban J connectivity index is 2.24. The highest BCUT2D eigenvalue weighted by Crippen LogP contribution is 2.49. The number of nitrogens with zero attached hydrogens (tertiary/aromatic N) is 1. The maximum Gasteiger partial charge on any atom is 0.0784 e.